The van der Waals surface area contributed by atoms with Gasteiger partial charge in [0.05, 0.1) is 17.2 Å². The second kappa shape index (κ2) is 9.94. The molecular formula is C20H20N4O3S2. The molecule has 0 fully saturated rings. The monoisotopic (exact) mass is 428 g/mol. The summed E-state index contributed by atoms with van der Waals surface area (Å²) in [4.78, 5) is 41.3. The summed E-state index contributed by atoms with van der Waals surface area (Å²) in [6.07, 6.45) is 0.659. The normalized spacial score (nSPS) is 10.4. The Morgan fingerprint density at radius 1 is 1.03 bits per heavy atom. The van der Waals surface area contributed by atoms with E-state index in [9.17, 15) is 14.4 Å². The predicted octanol–water partition coefficient (Wildman–Crippen LogP) is 2.59. The first-order valence-electron chi connectivity index (χ1n) is 8.92. The molecule has 29 heavy (non-hydrogen) atoms. The molecule has 2 aromatic heterocycles. The van der Waals surface area contributed by atoms with Gasteiger partial charge in [-0.05, 0) is 36.9 Å². The number of nitrogens with one attached hydrogen (secondary N) is 3. The zero-order chi connectivity index (χ0) is 20.6. The fourth-order valence-corrected chi connectivity index (χ4v) is 3.86. The summed E-state index contributed by atoms with van der Waals surface area (Å²) in [6.45, 7) is 2.00. The molecule has 150 valence electrons. The maximum atomic E-state index is 12.1. The van der Waals surface area contributed by atoms with E-state index >= 15 is 0 Å². The molecule has 3 N–H and O–H groups in total. The Bertz CT molecular complexity index is 999. The number of carbonyl (C=O) groups excluding carboxylic acids is 3. The van der Waals surface area contributed by atoms with Crippen LogP contribution in [0.15, 0.2) is 47.2 Å². The van der Waals surface area contributed by atoms with E-state index in [-0.39, 0.29) is 6.54 Å². The van der Waals surface area contributed by atoms with Crippen LogP contribution in [-0.2, 0) is 20.8 Å². The molecule has 9 heteroatoms. The summed E-state index contributed by atoms with van der Waals surface area (Å²) in [5.41, 5.74) is 2.32. The number of carbonyl (C=O) groups is 3. The highest BCUT2D eigenvalue weighted by atomic mass is 32.1. The smallest absolute Gasteiger partial charge is 0.309 e. The van der Waals surface area contributed by atoms with Crippen molar-refractivity contribution >= 4 is 46.1 Å². The number of hydrogen-bond donors (Lipinski definition) is 3. The van der Waals surface area contributed by atoms with Gasteiger partial charge in [0.2, 0.25) is 5.91 Å². The maximum absolute atomic E-state index is 12.1. The van der Waals surface area contributed by atoms with E-state index in [1.165, 1.54) is 0 Å². The fourth-order valence-electron chi connectivity index (χ4n) is 2.53. The van der Waals surface area contributed by atoms with Crippen LogP contribution in [0, 0.1) is 6.92 Å². The standard InChI is InChI=1S/C20H20N4O3S2/c1-13-23-17(12-29-13)14-4-2-5-15(10-14)24-18(25)11-22-20(27)19(26)21-8-7-16-6-3-9-28-16/h2-6,9-10,12H,7-8,11H2,1H3,(H,21,26)(H,22,27)(H,24,25). The number of aryl methyl sites for hydroxylation is 1. The summed E-state index contributed by atoms with van der Waals surface area (Å²) >= 11 is 3.14. The minimum absolute atomic E-state index is 0.294. The first-order chi connectivity index (χ1) is 14.0. The molecular weight excluding hydrogens is 408 g/mol. The molecule has 1 aromatic carbocycles. The molecule has 0 bridgehead atoms. The van der Waals surface area contributed by atoms with E-state index in [1.807, 2.05) is 48.0 Å². The summed E-state index contributed by atoms with van der Waals surface area (Å²) < 4.78 is 0. The Morgan fingerprint density at radius 2 is 1.86 bits per heavy atom. The van der Waals surface area contributed by atoms with Gasteiger partial charge < -0.3 is 16.0 Å². The van der Waals surface area contributed by atoms with Gasteiger partial charge in [0.1, 0.15) is 0 Å². The Labute approximate surface area is 176 Å². The van der Waals surface area contributed by atoms with Gasteiger partial charge in [-0.3, -0.25) is 14.4 Å². The van der Waals surface area contributed by atoms with E-state index in [0.29, 0.717) is 18.7 Å². The third kappa shape index (κ3) is 6.23. The van der Waals surface area contributed by atoms with Crippen molar-refractivity contribution in [1.29, 1.82) is 0 Å². The van der Waals surface area contributed by atoms with Gasteiger partial charge in [-0.25, -0.2) is 4.98 Å². The number of hydrogen-bond acceptors (Lipinski definition) is 6. The Balaban J connectivity index is 1.43. The third-order valence-electron chi connectivity index (χ3n) is 3.91. The van der Waals surface area contributed by atoms with Gasteiger partial charge in [-0.15, -0.1) is 22.7 Å². The van der Waals surface area contributed by atoms with E-state index in [4.69, 9.17) is 0 Å². The second-order valence-electron chi connectivity index (χ2n) is 6.15. The van der Waals surface area contributed by atoms with E-state index in [1.54, 1.807) is 28.7 Å². The van der Waals surface area contributed by atoms with Crippen molar-refractivity contribution in [2.45, 2.75) is 13.3 Å². The number of thiophene rings is 1. The largest absolute Gasteiger partial charge is 0.347 e. The van der Waals surface area contributed by atoms with Crippen LogP contribution in [0.1, 0.15) is 9.88 Å². The Kier molecular flexibility index (Phi) is 7.09. The molecule has 3 amide bonds. The predicted molar refractivity (Wildman–Crippen MR) is 115 cm³/mol. The van der Waals surface area contributed by atoms with Crippen LogP contribution in [0.25, 0.3) is 11.3 Å². The van der Waals surface area contributed by atoms with Crippen molar-refractivity contribution in [3.05, 3.63) is 57.0 Å². The topological polar surface area (TPSA) is 100 Å². The molecule has 0 aliphatic carbocycles. The highest BCUT2D eigenvalue weighted by molar-refractivity contribution is 7.10. The van der Waals surface area contributed by atoms with E-state index in [2.05, 4.69) is 20.9 Å². The number of thiazole rings is 1. The minimum Gasteiger partial charge on any atom is -0.347 e. The molecule has 0 atom stereocenters. The Morgan fingerprint density at radius 3 is 2.59 bits per heavy atom. The van der Waals surface area contributed by atoms with Crippen LogP contribution in [-0.4, -0.2) is 35.8 Å². The number of rotatable bonds is 7. The first kappa shape index (κ1) is 20.7. The summed E-state index contributed by atoms with van der Waals surface area (Å²) in [7, 11) is 0. The van der Waals surface area contributed by atoms with Gasteiger partial charge in [0.25, 0.3) is 0 Å². The summed E-state index contributed by atoms with van der Waals surface area (Å²) in [5.74, 6) is -2.01. The lowest BCUT2D eigenvalue weighted by Crippen LogP contribution is -2.43. The minimum atomic E-state index is -0.835. The summed E-state index contributed by atoms with van der Waals surface area (Å²) in [5, 5.41) is 12.4. The van der Waals surface area contributed by atoms with Gasteiger partial charge in [0.15, 0.2) is 0 Å². The van der Waals surface area contributed by atoms with Crippen LogP contribution >= 0.6 is 22.7 Å². The highest BCUT2D eigenvalue weighted by Crippen LogP contribution is 2.24. The number of nitrogens with zero attached hydrogens (tertiary/aromatic N) is 1. The van der Waals surface area contributed by atoms with Crippen molar-refractivity contribution in [2.75, 3.05) is 18.4 Å². The summed E-state index contributed by atoms with van der Waals surface area (Å²) in [6, 6.07) is 11.2. The number of amides is 3. The van der Waals surface area contributed by atoms with Crippen LogP contribution < -0.4 is 16.0 Å². The maximum Gasteiger partial charge on any atom is 0.309 e. The molecule has 3 aromatic rings. The van der Waals surface area contributed by atoms with Gasteiger partial charge in [0, 0.05) is 28.1 Å². The van der Waals surface area contributed by atoms with Gasteiger partial charge >= 0.3 is 11.8 Å². The van der Waals surface area contributed by atoms with Gasteiger partial charge in [-0.1, -0.05) is 18.2 Å². The lowest BCUT2D eigenvalue weighted by atomic mass is 10.1. The molecule has 3 rings (SSSR count). The number of anilines is 1. The van der Waals surface area contributed by atoms with Crippen molar-refractivity contribution < 1.29 is 14.4 Å². The first-order valence-corrected chi connectivity index (χ1v) is 10.7. The average molecular weight is 429 g/mol. The fraction of sp³-hybridized carbons (Fsp3) is 0.200. The Hall–Kier alpha value is -3.04. The third-order valence-corrected chi connectivity index (χ3v) is 5.62. The zero-order valence-electron chi connectivity index (χ0n) is 15.7. The van der Waals surface area contributed by atoms with Crippen molar-refractivity contribution in [2.24, 2.45) is 0 Å². The van der Waals surface area contributed by atoms with E-state index < -0.39 is 17.7 Å². The molecule has 2 heterocycles. The quantitative estimate of drug-likeness (QED) is 0.504. The lowest BCUT2D eigenvalue weighted by molar-refractivity contribution is -0.139. The number of aromatic nitrogens is 1. The molecule has 0 aliphatic heterocycles. The lowest BCUT2D eigenvalue weighted by Gasteiger charge is -2.08. The second-order valence-corrected chi connectivity index (χ2v) is 8.24. The SMILES string of the molecule is Cc1nc(-c2cccc(NC(=O)CNC(=O)C(=O)NCCc3cccs3)c2)cs1. The van der Waals surface area contributed by atoms with Gasteiger partial charge in [-0.2, -0.15) is 0 Å². The molecule has 0 saturated heterocycles. The molecule has 0 unspecified atom stereocenters. The van der Waals surface area contributed by atoms with Crippen molar-refractivity contribution in [3.8, 4) is 11.3 Å². The molecule has 0 saturated carbocycles. The van der Waals surface area contributed by atoms with Crippen LogP contribution in [0.4, 0.5) is 5.69 Å². The van der Waals surface area contributed by atoms with Crippen LogP contribution in [0.2, 0.25) is 0 Å². The zero-order valence-corrected chi connectivity index (χ0v) is 17.4. The van der Waals surface area contributed by atoms with Crippen molar-refractivity contribution in [3.63, 3.8) is 0 Å². The molecule has 0 aliphatic rings. The molecule has 7 nitrogen and oxygen atoms in total. The van der Waals surface area contributed by atoms with Crippen molar-refractivity contribution in [1.82, 2.24) is 15.6 Å². The molecule has 0 radical (unpaired) electrons. The van der Waals surface area contributed by atoms with Crippen LogP contribution in [0.5, 0.6) is 0 Å². The van der Waals surface area contributed by atoms with Crippen LogP contribution in [0.3, 0.4) is 0 Å². The highest BCUT2D eigenvalue weighted by Gasteiger charge is 2.14. The average Bonchev–Trinajstić information content (AvgIpc) is 3.38. The van der Waals surface area contributed by atoms with E-state index in [0.717, 1.165) is 21.1 Å². The number of benzene rings is 1. The molecule has 0 spiro atoms.